The number of benzene rings is 1. The Morgan fingerprint density at radius 2 is 2.00 bits per heavy atom. The van der Waals surface area contributed by atoms with Crippen molar-refractivity contribution in [1.29, 1.82) is 0 Å². The molecule has 0 amide bonds. The van der Waals surface area contributed by atoms with Gasteiger partial charge in [0, 0.05) is 11.5 Å². The van der Waals surface area contributed by atoms with Gasteiger partial charge in [0.05, 0.1) is 5.69 Å². The van der Waals surface area contributed by atoms with Gasteiger partial charge in [0.2, 0.25) is 0 Å². The lowest BCUT2D eigenvalue weighted by Gasteiger charge is -2.04. The molecular formula is C13H16N2S. The largest absolute Gasteiger partial charge is 0.389 e. The minimum absolute atomic E-state index is 0.439. The zero-order valence-electron chi connectivity index (χ0n) is 9.60. The topological polar surface area (TPSA) is 38.9 Å². The predicted octanol–water partition coefficient (Wildman–Crippen LogP) is 3.91. The van der Waals surface area contributed by atoms with Gasteiger partial charge in [0.25, 0.3) is 0 Å². The fraction of sp³-hybridized carbons (Fsp3) is 0.308. The molecule has 0 bridgehead atoms. The van der Waals surface area contributed by atoms with Crippen LogP contribution in [0.1, 0.15) is 31.9 Å². The molecule has 0 radical (unpaired) electrons. The van der Waals surface area contributed by atoms with Gasteiger partial charge < -0.3 is 5.73 Å². The second-order valence-electron chi connectivity index (χ2n) is 3.94. The van der Waals surface area contributed by atoms with Crippen molar-refractivity contribution in [1.82, 2.24) is 4.98 Å². The van der Waals surface area contributed by atoms with Crippen molar-refractivity contribution >= 4 is 16.3 Å². The first kappa shape index (κ1) is 11.1. The summed E-state index contributed by atoms with van der Waals surface area (Å²) in [4.78, 5) is 4.64. The SMILES string of the molecule is CCC(C)c1nc(-c2ccccc2)sc1N. The van der Waals surface area contributed by atoms with E-state index in [1.165, 1.54) is 0 Å². The van der Waals surface area contributed by atoms with Crippen LogP contribution in [0.4, 0.5) is 5.00 Å². The molecule has 0 saturated heterocycles. The second kappa shape index (κ2) is 4.66. The molecular weight excluding hydrogens is 216 g/mol. The van der Waals surface area contributed by atoms with Crippen LogP contribution in [0.15, 0.2) is 30.3 Å². The smallest absolute Gasteiger partial charge is 0.125 e. The maximum atomic E-state index is 6.01. The average molecular weight is 232 g/mol. The molecule has 0 aliphatic rings. The van der Waals surface area contributed by atoms with Crippen molar-refractivity contribution < 1.29 is 0 Å². The quantitative estimate of drug-likeness (QED) is 0.871. The van der Waals surface area contributed by atoms with E-state index in [0.717, 1.165) is 27.7 Å². The Kier molecular flexibility index (Phi) is 3.25. The molecule has 1 aromatic carbocycles. The van der Waals surface area contributed by atoms with E-state index in [9.17, 15) is 0 Å². The Bertz CT molecular complexity index is 462. The van der Waals surface area contributed by atoms with Crippen LogP contribution < -0.4 is 5.73 Å². The zero-order valence-corrected chi connectivity index (χ0v) is 10.4. The van der Waals surface area contributed by atoms with Crippen molar-refractivity contribution in [3.8, 4) is 10.6 Å². The van der Waals surface area contributed by atoms with Gasteiger partial charge in [-0.25, -0.2) is 4.98 Å². The van der Waals surface area contributed by atoms with Crippen LogP contribution in [0.2, 0.25) is 0 Å². The molecule has 1 aromatic heterocycles. The minimum atomic E-state index is 0.439. The lowest BCUT2D eigenvalue weighted by Crippen LogP contribution is -1.96. The van der Waals surface area contributed by atoms with Gasteiger partial charge in [-0.1, -0.05) is 55.5 Å². The Labute approximate surface area is 100 Å². The summed E-state index contributed by atoms with van der Waals surface area (Å²) in [6, 6.07) is 10.2. The summed E-state index contributed by atoms with van der Waals surface area (Å²) in [6.45, 7) is 4.33. The number of thiazole rings is 1. The van der Waals surface area contributed by atoms with Crippen molar-refractivity contribution in [3.63, 3.8) is 0 Å². The van der Waals surface area contributed by atoms with E-state index >= 15 is 0 Å². The van der Waals surface area contributed by atoms with Crippen LogP contribution in [-0.4, -0.2) is 4.98 Å². The molecule has 2 N–H and O–H groups in total. The number of rotatable bonds is 3. The van der Waals surface area contributed by atoms with Crippen LogP contribution >= 0.6 is 11.3 Å². The number of nitrogens with zero attached hydrogens (tertiary/aromatic N) is 1. The van der Waals surface area contributed by atoms with Gasteiger partial charge in [-0.3, -0.25) is 0 Å². The van der Waals surface area contributed by atoms with E-state index in [1.54, 1.807) is 11.3 Å². The van der Waals surface area contributed by atoms with Crippen LogP contribution in [0, 0.1) is 0 Å². The molecule has 1 unspecified atom stereocenters. The third-order valence-corrected chi connectivity index (χ3v) is 3.73. The van der Waals surface area contributed by atoms with Gasteiger partial charge in [0.15, 0.2) is 0 Å². The fourth-order valence-electron chi connectivity index (χ4n) is 1.59. The molecule has 1 atom stereocenters. The van der Waals surface area contributed by atoms with Crippen molar-refractivity contribution in [2.75, 3.05) is 5.73 Å². The summed E-state index contributed by atoms with van der Waals surface area (Å²) in [6.07, 6.45) is 1.07. The molecule has 1 heterocycles. The molecule has 0 saturated carbocycles. The van der Waals surface area contributed by atoms with Gasteiger partial charge in [-0.2, -0.15) is 0 Å². The van der Waals surface area contributed by atoms with Crippen LogP contribution in [0.3, 0.4) is 0 Å². The molecule has 0 aliphatic carbocycles. The maximum absolute atomic E-state index is 6.01. The van der Waals surface area contributed by atoms with Gasteiger partial charge in [-0.05, 0) is 6.42 Å². The molecule has 2 nitrogen and oxygen atoms in total. The molecule has 0 spiro atoms. The van der Waals surface area contributed by atoms with E-state index in [4.69, 9.17) is 5.73 Å². The van der Waals surface area contributed by atoms with E-state index in [-0.39, 0.29) is 0 Å². The van der Waals surface area contributed by atoms with E-state index in [0.29, 0.717) is 5.92 Å². The predicted molar refractivity (Wildman–Crippen MR) is 70.7 cm³/mol. The number of aromatic nitrogens is 1. The van der Waals surface area contributed by atoms with Gasteiger partial charge >= 0.3 is 0 Å². The highest BCUT2D eigenvalue weighted by atomic mass is 32.1. The molecule has 2 aromatic rings. The summed E-state index contributed by atoms with van der Waals surface area (Å²) >= 11 is 1.58. The number of nitrogens with two attached hydrogens (primary N) is 1. The number of hydrogen-bond acceptors (Lipinski definition) is 3. The van der Waals surface area contributed by atoms with Gasteiger partial charge in [-0.15, -0.1) is 0 Å². The number of nitrogen functional groups attached to an aromatic ring is 1. The number of anilines is 1. The van der Waals surface area contributed by atoms with E-state index < -0.39 is 0 Å². The first-order valence-corrected chi connectivity index (χ1v) is 6.35. The normalized spacial score (nSPS) is 12.6. The average Bonchev–Trinajstić information content (AvgIpc) is 2.71. The molecule has 2 rings (SSSR count). The highest BCUT2D eigenvalue weighted by Gasteiger charge is 2.14. The summed E-state index contributed by atoms with van der Waals surface area (Å²) in [5, 5.41) is 1.88. The third-order valence-electron chi connectivity index (χ3n) is 2.78. The molecule has 84 valence electrons. The lowest BCUT2D eigenvalue weighted by atomic mass is 10.1. The Morgan fingerprint density at radius 3 is 2.62 bits per heavy atom. The fourth-order valence-corrected chi connectivity index (χ4v) is 2.55. The van der Waals surface area contributed by atoms with Crippen molar-refractivity contribution in [3.05, 3.63) is 36.0 Å². The Morgan fingerprint density at radius 1 is 1.31 bits per heavy atom. The number of hydrogen-bond donors (Lipinski definition) is 1. The molecule has 16 heavy (non-hydrogen) atoms. The zero-order chi connectivity index (χ0) is 11.5. The summed E-state index contributed by atoms with van der Waals surface area (Å²) in [7, 11) is 0. The summed E-state index contributed by atoms with van der Waals surface area (Å²) in [5.74, 6) is 0.439. The highest BCUT2D eigenvalue weighted by Crippen LogP contribution is 2.34. The van der Waals surface area contributed by atoms with Gasteiger partial charge in [0.1, 0.15) is 10.0 Å². The first-order valence-electron chi connectivity index (χ1n) is 5.54. The molecule has 0 fully saturated rings. The van der Waals surface area contributed by atoms with Crippen LogP contribution in [-0.2, 0) is 0 Å². The Hall–Kier alpha value is -1.35. The van der Waals surface area contributed by atoms with E-state index in [1.807, 2.05) is 18.2 Å². The summed E-state index contributed by atoms with van der Waals surface area (Å²) in [5.41, 5.74) is 8.21. The monoisotopic (exact) mass is 232 g/mol. The standard InChI is InChI=1S/C13H16N2S/c1-3-9(2)11-12(14)16-13(15-11)10-7-5-4-6-8-10/h4-9H,3,14H2,1-2H3. The van der Waals surface area contributed by atoms with Crippen molar-refractivity contribution in [2.45, 2.75) is 26.2 Å². The molecule has 0 aliphatic heterocycles. The Balaban J connectivity index is 2.38. The highest BCUT2D eigenvalue weighted by molar-refractivity contribution is 7.18. The first-order chi connectivity index (χ1) is 7.72. The molecule has 3 heteroatoms. The van der Waals surface area contributed by atoms with E-state index in [2.05, 4.69) is 31.0 Å². The third kappa shape index (κ3) is 2.09. The summed E-state index contributed by atoms with van der Waals surface area (Å²) < 4.78 is 0. The lowest BCUT2D eigenvalue weighted by molar-refractivity contribution is 0.716. The van der Waals surface area contributed by atoms with Crippen LogP contribution in [0.5, 0.6) is 0 Å². The second-order valence-corrected chi connectivity index (χ2v) is 4.97. The van der Waals surface area contributed by atoms with Crippen LogP contribution in [0.25, 0.3) is 10.6 Å². The minimum Gasteiger partial charge on any atom is -0.389 e. The van der Waals surface area contributed by atoms with Crippen molar-refractivity contribution in [2.24, 2.45) is 0 Å². The maximum Gasteiger partial charge on any atom is 0.125 e.